The molecule has 5 nitrogen and oxygen atoms in total. The molecule has 150 valence electrons. The van der Waals surface area contributed by atoms with Crippen molar-refractivity contribution >= 4 is 5.97 Å². The molecule has 0 bridgehead atoms. The zero-order valence-corrected chi connectivity index (χ0v) is 16.5. The van der Waals surface area contributed by atoms with E-state index in [4.69, 9.17) is 5.11 Å². The van der Waals surface area contributed by atoms with Crippen molar-refractivity contribution in [3.63, 3.8) is 0 Å². The van der Waals surface area contributed by atoms with E-state index in [2.05, 4.69) is 4.98 Å². The van der Waals surface area contributed by atoms with Gasteiger partial charge in [-0.05, 0) is 18.4 Å². The maximum absolute atomic E-state index is 12.6. The third-order valence-electron chi connectivity index (χ3n) is 4.91. The molecule has 1 aromatic heterocycles. The number of unbranched alkanes of at least 4 members (excludes halogenated alkanes) is 4. The summed E-state index contributed by atoms with van der Waals surface area (Å²) in [6.07, 6.45) is 6.56. The normalized spacial score (nSPS) is 10.8. The van der Waals surface area contributed by atoms with Crippen LogP contribution in [0.1, 0.15) is 38.5 Å². The van der Waals surface area contributed by atoms with Gasteiger partial charge in [-0.15, -0.1) is 0 Å². The quantitative estimate of drug-likeness (QED) is 0.494. The largest absolute Gasteiger partial charge is 0.481 e. The molecule has 0 aliphatic rings. The van der Waals surface area contributed by atoms with Gasteiger partial charge < -0.3 is 5.11 Å². The molecule has 0 fully saturated rings. The van der Waals surface area contributed by atoms with Crippen molar-refractivity contribution in [2.24, 2.45) is 0 Å². The minimum absolute atomic E-state index is 0.227. The summed E-state index contributed by atoms with van der Waals surface area (Å²) in [6.45, 7) is 0.611. The van der Waals surface area contributed by atoms with E-state index in [1.807, 2.05) is 66.9 Å². The number of hydrogen-bond acceptors (Lipinski definition) is 3. The highest BCUT2D eigenvalue weighted by Gasteiger charge is 2.12. The van der Waals surface area contributed by atoms with Gasteiger partial charge in [-0.2, -0.15) is 4.98 Å². The van der Waals surface area contributed by atoms with Crippen LogP contribution < -0.4 is 5.69 Å². The van der Waals surface area contributed by atoms with E-state index in [0.29, 0.717) is 18.7 Å². The van der Waals surface area contributed by atoms with Gasteiger partial charge in [-0.25, -0.2) is 4.79 Å². The zero-order chi connectivity index (χ0) is 20.5. The van der Waals surface area contributed by atoms with Crippen molar-refractivity contribution in [3.05, 3.63) is 77.3 Å². The average Bonchev–Trinajstić information content (AvgIpc) is 2.75. The molecule has 1 N–H and O–H groups in total. The Hall–Kier alpha value is -3.21. The van der Waals surface area contributed by atoms with Crippen molar-refractivity contribution in [1.29, 1.82) is 0 Å². The lowest BCUT2D eigenvalue weighted by atomic mass is 10.0. The van der Waals surface area contributed by atoms with Gasteiger partial charge in [0.1, 0.15) is 0 Å². The van der Waals surface area contributed by atoms with Crippen LogP contribution in [0.2, 0.25) is 0 Å². The second-order valence-electron chi connectivity index (χ2n) is 7.12. The first kappa shape index (κ1) is 20.5. The molecule has 2 aromatic carbocycles. The van der Waals surface area contributed by atoms with Crippen LogP contribution in [0, 0.1) is 0 Å². The number of aryl methyl sites for hydroxylation is 1. The molecular weight excluding hydrogens is 364 g/mol. The van der Waals surface area contributed by atoms with Gasteiger partial charge in [0.15, 0.2) is 0 Å². The molecule has 29 heavy (non-hydrogen) atoms. The van der Waals surface area contributed by atoms with Gasteiger partial charge in [-0.1, -0.05) is 79.9 Å². The Morgan fingerprint density at radius 2 is 1.41 bits per heavy atom. The maximum Gasteiger partial charge on any atom is 0.348 e. The fourth-order valence-corrected chi connectivity index (χ4v) is 3.39. The lowest BCUT2D eigenvalue weighted by Crippen LogP contribution is -2.23. The van der Waals surface area contributed by atoms with Crippen LogP contribution >= 0.6 is 0 Å². The lowest BCUT2D eigenvalue weighted by molar-refractivity contribution is -0.137. The molecule has 1 heterocycles. The second kappa shape index (κ2) is 10.4. The lowest BCUT2D eigenvalue weighted by Gasteiger charge is -2.13. The number of hydrogen-bond donors (Lipinski definition) is 1. The van der Waals surface area contributed by atoms with Gasteiger partial charge in [0.2, 0.25) is 0 Å². The van der Waals surface area contributed by atoms with Gasteiger partial charge in [0.25, 0.3) is 0 Å². The third kappa shape index (κ3) is 5.88. The Labute approximate surface area is 170 Å². The fraction of sp³-hybridized carbons (Fsp3) is 0.292. The number of carbonyl (C=O) groups is 1. The molecule has 0 aliphatic heterocycles. The summed E-state index contributed by atoms with van der Waals surface area (Å²) in [6, 6.07) is 19.8. The average molecular weight is 390 g/mol. The van der Waals surface area contributed by atoms with Gasteiger partial charge in [0, 0.05) is 30.3 Å². The topological polar surface area (TPSA) is 72.2 Å². The minimum Gasteiger partial charge on any atom is -0.481 e. The van der Waals surface area contributed by atoms with Crippen LogP contribution in [0.25, 0.3) is 22.4 Å². The number of benzene rings is 2. The molecule has 0 saturated heterocycles. The number of aliphatic carboxylic acids is 1. The van der Waals surface area contributed by atoms with E-state index in [9.17, 15) is 9.59 Å². The van der Waals surface area contributed by atoms with E-state index in [1.54, 1.807) is 4.57 Å². The molecule has 0 atom stereocenters. The van der Waals surface area contributed by atoms with Crippen LogP contribution in [-0.4, -0.2) is 20.6 Å². The van der Waals surface area contributed by atoms with Gasteiger partial charge in [0.05, 0.1) is 5.69 Å². The fourth-order valence-electron chi connectivity index (χ4n) is 3.39. The minimum atomic E-state index is -0.741. The van der Waals surface area contributed by atoms with Gasteiger partial charge >= 0.3 is 11.7 Å². The van der Waals surface area contributed by atoms with Crippen molar-refractivity contribution in [2.75, 3.05) is 0 Å². The van der Waals surface area contributed by atoms with Crippen LogP contribution in [0.15, 0.2) is 71.7 Å². The Morgan fingerprint density at radius 1 is 0.828 bits per heavy atom. The molecule has 0 saturated carbocycles. The molecule has 0 aliphatic carbocycles. The zero-order valence-electron chi connectivity index (χ0n) is 16.5. The van der Waals surface area contributed by atoms with Crippen LogP contribution in [0.3, 0.4) is 0 Å². The summed E-state index contributed by atoms with van der Waals surface area (Å²) in [5.74, 6) is -0.741. The van der Waals surface area contributed by atoms with Crippen LogP contribution in [0.4, 0.5) is 0 Å². The summed E-state index contributed by atoms with van der Waals surface area (Å²) >= 11 is 0. The Bertz CT molecular complexity index is 982. The van der Waals surface area contributed by atoms with Crippen molar-refractivity contribution in [2.45, 2.75) is 45.1 Å². The molecule has 3 aromatic rings. The molecular formula is C24H26N2O3. The van der Waals surface area contributed by atoms with Crippen LogP contribution in [0.5, 0.6) is 0 Å². The smallest absolute Gasteiger partial charge is 0.348 e. The Balaban J connectivity index is 1.76. The second-order valence-corrected chi connectivity index (χ2v) is 7.12. The molecule has 0 spiro atoms. The summed E-state index contributed by atoms with van der Waals surface area (Å²) in [5, 5.41) is 8.68. The van der Waals surface area contributed by atoms with E-state index in [-0.39, 0.29) is 12.1 Å². The third-order valence-corrected chi connectivity index (χ3v) is 4.91. The Morgan fingerprint density at radius 3 is 2.07 bits per heavy atom. The van der Waals surface area contributed by atoms with E-state index in [0.717, 1.165) is 42.4 Å². The summed E-state index contributed by atoms with van der Waals surface area (Å²) in [7, 11) is 0. The first-order valence-electron chi connectivity index (χ1n) is 10.1. The number of aromatic nitrogens is 2. The highest BCUT2D eigenvalue weighted by Crippen LogP contribution is 2.29. The maximum atomic E-state index is 12.6. The number of rotatable bonds is 10. The monoisotopic (exact) mass is 390 g/mol. The molecule has 3 rings (SSSR count). The predicted molar refractivity (Wildman–Crippen MR) is 115 cm³/mol. The molecule has 5 heteroatoms. The summed E-state index contributed by atoms with van der Waals surface area (Å²) in [4.78, 5) is 27.6. The number of carboxylic acid groups (broad SMARTS) is 1. The molecule has 0 unspecified atom stereocenters. The SMILES string of the molecule is O=C(O)CCCCCCCn1cc(-c2ccccc2)c(-c2ccccc2)nc1=O. The number of carboxylic acids is 1. The molecule has 0 radical (unpaired) electrons. The highest BCUT2D eigenvalue weighted by atomic mass is 16.4. The predicted octanol–water partition coefficient (Wildman–Crippen LogP) is 5.00. The van der Waals surface area contributed by atoms with Crippen molar-refractivity contribution < 1.29 is 9.90 Å². The van der Waals surface area contributed by atoms with E-state index in [1.165, 1.54) is 0 Å². The first-order chi connectivity index (χ1) is 14.1. The summed E-state index contributed by atoms with van der Waals surface area (Å²) < 4.78 is 1.69. The van der Waals surface area contributed by atoms with E-state index < -0.39 is 5.97 Å². The Kier molecular flexibility index (Phi) is 7.34. The molecule has 0 amide bonds. The van der Waals surface area contributed by atoms with Crippen molar-refractivity contribution in [3.8, 4) is 22.4 Å². The highest BCUT2D eigenvalue weighted by molar-refractivity contribution is 5.79. The first-order valence-corrected chi connectivity index (χ1v) is 10.1. The number of nitrogens with zero attached hydrogens (tertiary/aromatic N) is 2. The van der Waals surface area contributed by atoms with Gasteiger partial charge in [-0.3, -0.25) is 9.36 Å². The van der Waals surface area contributed by atoms with Crippen LogP contribution in [-0.2, 0) is 11.3 Å². The standard InChI is InChI=1S/C24H26N2O3/c27-22(28)16-10-2-1-3-11-17-26-18-21(19-12-6-4-7-13-19)23(25-24(26)29)20-14-8-5-9-15-20/h4-9,12-15,18H,1-3,10-11,16-17H2,(H,27,28). The van der Waals surface area contributed by atoms with Crippen molar-refractivity contribution in [1.82, 2.24) is 9.55 Å². The van der Waals surface area contributed by atoms with E-state index >= 15 is 0 Å². The summed E-state index contributed by atoms with van der Waals surface area (Å²) in [5.41, 5.74) is 3.36.